The average molecular weight is 330 g/mol. The van der Waals surface area contributed by atoms with E-state index in [2.05, 4.69) is 10.1 Å². The van der Waals surface area contributed by atoms with Crippen LogP contribution < -0.4 is 0 Å². The summed E-state index contributed by atoms with van der Waals surface area (Å²) in [6, 6.07) is 7.39. The lowest BCUT2D eigenvalue weighted by Crippen LogP contribution is -2.22. The maximum absolute atomic E-state index is 11.2. The molecule has 0 saturated carbocycles. The minimum absolute atomic E-state index is 0.148. The summed E-state index contributed by atoms with van der Waals surface area (Å²) in [5, 5.41) is 14.8. The molecule has 0 fully saturated rings. The summed E-state index contributed by atoms with van der Waals surface area (Å²) < 4.78 is 18.1. The highest BCUT2D eigenvalue weighted by Gasteiger charge is 2.10. The highest BCUT2D eigenvalue weighted by molar-refractivity contribution is 7.84. The van der Waals surface area contributed by atoms with Crippen LogP contribution in [0, 0.1) is 0 Å². The van der Waals surface area contributed by atoms with Crippen molar-refractivity contribution >= 4 is 22.4 Å². The Morgan fingerprint density at radius 3 is 2.90 bits per heavy atom. The van der Waals surface area contributed by atoms with E-state index in [9.17, 15) is 9.32 Å². The van der Waals surface area contributed by atoms with Crippen LogP contribution in [0.1, 0.15) is 5.56 Å². The highest BCUT2D eigenvalue weighted by Crippen LogP contribution is 2.15. The van der Waals surface area contributed by atoms with Gasteiger partial charge in [0.2, 0.25) is 5.16 Å². The Morgan fingerprint density at radius 2 is 2.24 bits per heavy atom. The molecule has 6 nitrogen and oxygen atoms in total. The van der Waals surface area contributed by atoms with E-state index in [1.54, 1.807) is 6.07 Å². The molecule has 1 aromatic carbocycles. The number of rotatable bonds is 7. The van der Waals surface area contributed by atoms with E-state index < -0.39 is 16.9 Å². The highest BCUT2D eigenvalue weighted by atomic mass is 35.5. The van der Waals surface area contributed by atoms with Gasteiger partial charge in [-0.15, -0.1) is 5.10 Å². The number of aromatic nitrogens is 3. The molecule has 0 aliphatic heterocycles. The first-order valence-corrected chi connectivity index (χ1v) is 8.22. The zero-order chi connectivity index (χ0) is 15.2. The van der Waals surface area contributed by atoms with Gasteiger partial charge in [-0.05, 0) is 11.6 Å². The number of benzene rings is 1. The summed E-state index contributed by atoms with van der Waals surface area (Å²) in [5.74, 6) is 0. The van der Waals surface area contributed by atoms with E-state index in [4.69, 9.17) is 16.3 Å². The molecular weight excluding hydrogens is 314 g/mol. The lowest BCUT2D eigenvalue weighted by Gasteiger charge is -2.11. The van der Waals surface area contributed by atoms with Crippen molar-refractivity contribution in [3.05, 3.63) is 41.2 Å². The molecule has 0 radical (unpaired) electrons. The van der Waals surface area contributed by atoms with Gasteiger partial charge in [-0.2, -0.15) is 0 Å². The zero-order valence-corrected chi connectivity index (χ0v) is 13.0. The van der Waals surface area contributed by atoms with Crippen LogP contribution in [0.2, 0.25) is 5.02 Å². The lowest BCUT2D eigenvalue weighted by atomic mass is 10.2. The van der Waals surface area contributed by atoms with E-state index in [-0.39, 0.29) is 18.3 Å². The molecule has 0 aliphatic carbocycles. The van der Waals surface area contributed by atoms with Crippen molar-refractivity contribution in [3.63, 3.8) is 0 Å². The molecule has 21 heavy (non-hydrogen) atoms. The van der Waals surface area contributed by atoms with Crippen molar-refractivity contribution in [3.8, 4) is 0 Å². The monoisotopic (exact) mass is 329 g/mol. The van der Waals surface area contributed by atoms with Gasteiger partial charge in [0.1, 0.15) is 6.33 Å². The Balaban J connectivity index is 1.78. The van der Waals surface area contributed by atoms with Crippen molar-refractivity contribution in [1.82, 2.24) is 14.8 Å². The summed E-state index contributed by atoms with van der Waals surface area (Å²) in [6.07, 6.45) is 2.21. The fourth-order valence-corrected chi connectivity index (χ4v) is 2.29. The van der Waals surface area contributed by atoms with Gasteiger partial charge in [-0.1, -0.05) is 29.8 Å². The van der Waals surface area contributed by atoms with Crippen LogP contribution in [0.3, 0.4) is 0 Å². The predicted octanol–water partition coefficient (Wildman–Crippen LogP) is 1.25. The van der Waals surface area contributed by atoms with E-state index in [1.165, 1.54) is 17.3 Å². The number of hydrogen-bond donors (Lipinski definition) is 1. The lowest BCUT2D eigenvalue weighted by molar-refractivity contribution is 0.0185. The molecule has 2 rings (SSSR count). The molecule has 2 aromatic rings. The van der Waals surface area contributed by atoms with E-state index >= 15 is 0 Å². The number of aliphatic hydroxyl groups excluding tert-OH is 1. The molecule has 2 unspecified atom stereocenters. The minimum Gasteiger partial charge on any atom is -0.389 e. The van der Waals surface area contributed by atoms with Gasteiger partial charge < -0.3 is 9.84 Å². The number of halogens is 1. The zero-order valence-electron chi connectivity index (χ0n) is 11.5. The van der Waals surface area contributed by atoms with Crippen LogP contribution >= 0.6 is 11.6 Å². The molecule has 1 heterocycles. The standard InChI is InChI=1S/C13H16ClN3O3S/c1-21(19)13-15-9-17(16-13)6-11(18)8-20-7-10-4-2-3-5-12(10)14/h2-5,9,11,18H,6-8H2,1H3. The second kappa shape index (κ2) is 7.65. The van der Waals surface area contributed by atoms with Gasteiger partial charge in [0.05, 0.1) is 36.7 Å². The van der Waals surface area contributed by atoms with Crippen molar-refractivity contribution in [2.45, 2.75) is 24.4 Å². The SMILES string of the molecule is CS(=O)c1ncn(CC(O)COCc2ccccc2Cl)n1. The van der Waals surface area contributed by atoms with Crippen molar-refractivity contribution in [2.24, 2.45) is 0 Å². The molecule has 8 heteroatoms. The van der Waals surface area contributed by atoms with Gasteiger partial charge in [0.25, 0.3) is 0 Å². The minimum atomic E-state index is -1.23. The van der Waals surface area contributed by atoms with Crippen molar-refractivity contribution < 1.29 is 14.1 Å². The summed E-state index contributed by atoms with van der Waals surface area (Å²) in [5.41, 5.74) is 0.871. The summed E-state index contributed by atoms with van der Waals surface area (Å²) >= 11 is 6.01. The van der Waals surface area contributed by atoms with Gasteiger partial charge >= 0.3 is 0 Å². The van der Waals surface area contributed by atoms with E-state index in [1.807, 2.05) is 18.2 Å². The van der Waals surface area contributed by atoms with Gasteiger partial charge in [0.15, 0.2) is 0 Å². The second-order valence-corrected chi connectivity index (χ2v) is 6.14. The van der Waals surface area contributed by atoms with Gasteiger partial charge in [-0.3, -0.25) is 4.21 Å². The smallest absolute Gasteiger partial charge is 0.238 e. The van der Waals surface area contributed by atoms with Crippen molar-refractivity contribution in [1.29, 1.82) is 0 Å². The van der Waals surface area contributed by atoms with Crippen LogP contribution in [0.15, 0.2) is 35.7 Å². The third kappa shape index (κ3) is 4.89. The first kappa shape index (κ1) is 16.1. The third-order valence-corrected chi connectivity index (χ3v) is 3.77. The third-order valence-electron chi connectivity index (χ3n) is 2.70. The molecule has 0 aliphatic rings. The first-order valence-electron chi connectivity index (χ1n) is 6.28. The molecule has 0 bridgehead atoms. The molecule has 2 atom stereocenters. The topological polar surface area (TPSA) is 77.2 Å². The van der Waals surface area contributed by atoms with E-state index in [0.717, 1.165) is 5.56 Å². The van der Waals surface area contributed by atoms with Crippen LogP contribution in [0.5, 0.6) is 0 Å². The first-order chi connectivity index (χ1) is 10.1. The largest absolute Gasteiger partial charge is 0.389 e. The van der Waals surface area contributed by atoms with Gasteiger partial charge in [-0.25, -0.2) is 9.67 Å². The number of ether oxygens (including phenoxy) is 1. The normalized spacial score (nSPS) is 14.0. The Morgan fingerprint density at radius 1 is 1.48 bits per heavy atom. The van der Waals surface area contributed by atoms with E-state index in [0.29, 0.717) is 11.6 Å². The summed E-state index contributed by atoms with van der Waals surface area (Å²) in [7, 11) is -1.23. The van der Waals surface area contributed by atoms with Crippen molar-refractivity contribution in [2.75, 3.05) is 12.9 Å². The Kier molecular flexibility index (Phi) is 5.86. The predicted molar refractivity (Wildman–Crippen MR) is 79.5 cm³/mol. The average Bonchev–Trinajstić information content (AvgIpc) is 2.89. The van der Waals surface area contributed by atoms with Crippen LogP contribution in [0.4, 0.5) is 0 Å². The molecule has 0 amide bonds. The fraction of sp³-hybridized carbons (Fsp3) is 0.385. The number of hydrogen-bond acceptors (Lipinski definition) is 5. The molecule has 1 N–H and O–H groups in total. The maximum atomic E-state index is 11.2. The van der Waals surface area contributed by atoms with Crippen LogP contribution in [0.25, 0.3) is 0 Å². The quantitative estimate of drug-likeness (QED) is 0.827. The number of aliphatic hydroxyl groups is 1. The van der Waals surface area contributed by atoms with Gasteiger partial charge in [0, 0.05) is 11.3 Å². The molecular formula is C13H16ClN3O3S. The number of nitrogens with zero attached hydrogens (tertiary/aromatic N) is 3. The maximum Gasteiger partial charge on any atom is 0.238 e. The molecule has 114 valence electrons. The molecule has 0 saturated heterocycles. The Bertz CT molecular complexity index is 620. The van der Waals surface area contributed by atoms with Crippen LogP contribution in [-0.2, 0) is 28.7 Å². The summed E-state index contributed by atoms with van der Waals surface area (Å²) in [6.45, 7) is 0.709. The summed E-state index contributed by atoms with van der Waals surface area (Å²) in [4.78, 5) is 3.89. The Labute approximate surface area is 130 Å². The Hall–Kier alpha value is -1.28. The second-order valence-electron chi connectivity index (χ2n) is 4.46. The fourth-order valence-electron chi connectivity index (χ4n) is 1.69. The molecule has 1 aromatic heterocycles. The molecule has 0 spiro atoms. The van der Waals surface area contributed by atoms with Crippen LogP contribution in [-0.4, -0.2) is 43.0 Å².